The normalized spacial score (nSPS) is 21.8. The van der Waals surface area contributed by atoms with Crippen LogP contribution in [0.2, 0.25) is 5.02 Å². The van der Waals surface area contributed by atoms with Crippen LogP contribution in [0.4, 0.5) is 11.4 Å². The average molecular weight is 371 g/mol. The first kappa shape index (κ1) is 17.5. The van der Waals surface area contributed by atoms with Gasteiger partial charge in [0, 0.05) is 18.2 Å². The van der Waals surface area contributed by atoms with Crippen molar-refractivity contribution in [3.05, 3.63) is 23.2 Å². The molecule has 5 nitrogen and oxygen atoms in total. The number of sulfonamides is 1. The Balaban J connectivity index is 1.71. The zero-order chi connectivity index (χ0) is 17.3. The van der Waals surface area contributed by atoms with Crippen molar-refractivity contribution in [2.75, 3.05) is 21.9 Å². The third-order valence-corrected chi connectivity index (χ3v) is 7.26. The molecular weight excluding hydrogens is 348 g/mol. The number of benzene rings is 1. The maximum Gasteiger partial charge on any atom is 0.235 e. The molecule has 0 bridgehead atoms. The lowest BCUT2D eigenvalue weighted by Crippen LogP contribution is -2.26. The summed E-state index contributed by atoms with van der Waals surface area (Å²) >= 11 is 6.27. The zero-order valence-corrected chi connectivity index (χ0v) is 15.4. The molecule has 1 aromatic carbocycles. The number of carbonyl (C=O) groups is 1. The number of rotatable bonds is 4. The molecule has 0 aromatic heterocycles. The van der Waals surface area contributed by atoms with Gasteiger partial charge in [-0.2, -0.15) is 0 Å². The molecule has 2 aliphatic rings. The van der Waals surface area contributed by atoms with Crippen LogP contribution in [0.5, 0.6) is 0 Å². The van der Waals surface area contributed by atoms with Crippen molar-refractivity contribution >= 4 is 38.9 Å². The molecule has 1 aliphatic carbocycles. The summed E-state index contributed by atoms with van der Waals surface area (Å²) in [4.78, 5) is 12.4. The minimum absolute atomic E-state index is 0.000453. The number of anilines is 2. The fourth-order valence-corrected chi connectivity index (χ4v) is 5.54. The highest BCUT2D eigenvalue weighted by molar-refractivity contribution is 7.93. The molecule has 3 rings (SSSR count). The van der Waals surface area contributed by atoms with E-state index >= 15 is 0 Å². The first-order valence-electron chi connectivity index (χ1n) is 8.49. The second-order valence-electron chi connectivity index (χ2n) is 6.73. The quantitative estimate of drug-likeness (QED) is 0.879. The predicted octanol–water partition coefficient (Wildman–Crippen LogP) is 3.64. The summed E-state index contributed by atoms with van der Waals surface area (Å²) < 4.78 is 25.4. The Labute approximate surface area is 148 Å². The Morgan fingerprint density at radius 3 is 2.58 bits per heavy atom. The Hall–Kier alpha value is -1.27. The largest absolute Gasteiger partial charge is 0.326 e. The van der Waals surface area contributed by atoms with Gasteiger partial charge in [0.25, 0.3) is 0 Å². The first-order chi connectivity index (χ1) is 11.4. The number of hydrogen-bond donors (Lipinski definition) is 1. The van der Waals surface area contributed by atoms with Gasteiger partial charge in [0.2, 0.25) is 15.9 Å². The minimum atomic E-state index is -3.26. The molecule has 0 radical (unpaired) electrons. The fourth-order valence-electron chi connectivity index (χ4n) is 3.62. The maximum absolute atomic E-state index is 12.4. The number of nitrogens with one attached hydrogen (secondary N) is 1. The standard InChI is InChI=1S/C17H23ClN2O3S/c1-12(13-5-2-3-6-13)17(21)19-14-7-8-16(15(18)11-14)20-9-4-10-24(20,22)23/h7-8,11-13H,2-6,9-10H2,1H3,(H,19,21). The number of halogens is 1. The minimum Gasteiger partial charge on any atom is -0.326 e. The van der Waals surface area contributed by atoms with Crippen LogP contribution in [0.25, 0.3) is 0 Å². The van der Waals surface area contributed by atoms with E-state index in [4.69, 9.17) is 11.6 Å². The molecule has 7 heteroatoms. The Bertz CT molecular complexity index is 729. The van der Waals surface area contributed by atoms with Crippen molar-refractivity contribution in [2.24, 2.45) is 11.8 Å². The molecule has 1 aromatic rings. The van der Waals surface area contributed by atoms with Crippen molar-refractivity contribution < 1.29 is 13.2 Å². The van der Waals surface area contributed by atoms with Crippen molar-refractivity contribution in [3.63, 3.8) is 0 Å². The second-order valence-corrected chi connectivity index (χ2v) is 9.15. The Morgan fingerprint density at radius 2 is 2.00 bits per heavy atom. The molecular formula is C17H23ClN2O3S. The number of hydrogen-bond acceptors (Lipinski definition) is 3. The van der Waals surface area contributed by atoms with Gasteiger partial charge in [0.05, 0.1) is 16.5 Å². The molecule has 1 unspecified atom stereocenters. The highest BCUT2D eigenvalue weighted by Gasteiger charge is 2.30. The van der Waals surface area contributed by atoms with Crippen LogP contribution >= 0.6 is 11.6 Å². The van der Waals surface area contributed by atoms with E-state index in [1.807, 2.05) is 6.92 Å². The van der Waals surface area contributed by atoms with Gasteiger partial charge in [-0.05, 0) is 43.4 Å². The molecule has 2 fully saturated rings. The predicted molar refractivity (Wildman–Crippen MR) is 97.0 cm³/mol. The monoisotopic (exact) mass is 370 g/mol. The summed E-state index contributed by atoms with van der Waals surface area (Å²) in [6.45, 7) is 2.42. The van der Waals surface area contributed by atoms with Crippen molar-refractivity contribution in [2.45, 2.75) is 39.0 Å². The van der Waals surface area contributed by atoms with Gasteiger partial charge in [-0.15, -0.1) is 0 Å². The zero-order valence-electron chi connectivity index (χ0n) is 13.8. The van der Waals surface area contributed by atoms with Gasteiger partial charge in [-0.3, -0.25) is 9.10 Å². The third kappa shape index (κ3) is 3.54. The second kappa shape index (κ2) is 6.92. The van der Waals surface area contributed by atoms with E-state index < -0.39 is 10.0 Å². The van der Waals surface area contributed by atoms with Gasteiger partial charge in [0.1, 0.15) is 0 Å². The van der Waals surface area contributed by atoms with Crippen LogP contribution in [-0.4, -0.2) is 26.6 Å². The summed E-state index contributed by atoms with van der Waals surface area (Å²) in [6.07, 6.45) is 5.23. The molecule has 1 aliphatic heterocycles. The summed E-state index contributed by atoms with van der Waals surface area (Å²) in [6, 6.07) is 5.01. The van der Waals surface area contributed by atoms with Gasteiger partial charge >= 0.3 is 0 Å². The summed E-state index contributed by atoms with van der Waals surface area (Å²) in [5.41, 5.74) is 1.09. The summed E-state index contributed by atoms with van der Waals surface area (Å²) in [5, 5.41) is 3.25. The molecule has 1 atom stereocenters. The lowest BCUT2D eigenvalue weighted by molar-refractivity contribution is -0.120. The molecule has 1 saturated heterocycles. The van der Waals surface area contributed by atoms with Crippen LogP contribution in [0.15, 0.2) is 18.2 Å². The molecule has 24 heavy (non-hydrogen) atoms. The summed E-state index contributed by atoms with van der Waals surface area (Å²) in [5.74, 6) is 0.583. The van der Waals surface area contributed by atoms with Gasteiger partial charge in [0.15, 0.2) is 0 Å². The van der Waals surface area contributed by atoms with Gasteiger partial charge < -0.3 is 5.32 Å². The van der Waals surface area contributed by atoms with E-state index in [9.17, 15) is 13.2 Å². The van der Waals surface area contributed by atoms with E-state index in [2.05, 4.69) is 5.32 Å². The number of amides is 1. The highest BCUT2D eigenvalue weighted by Crippen LogP contribution is 2.34. The van der Waals surface area contributed by atoms with Crippen LogP contribution in [-0.2, 0) is 14.8 Å². The molecule has 1 heterocycles. The van der Waals surface area contributed by atoms with E-state index in [1.165, 1.54) is 17.1 Å². The molecule has 1 N–H and O–H groups in total. The van der Waals surface area contributed by atoms with Crippen LogP contribution in [0.1, 0.15) is 39.0 Å². The molecule has 132 valence electrons. The van der Waals surface area contributed by atoms with Crippen molar-refractivity contribution in [1.82, 2.24) is 0 Å². The Kier molecular flexibility index (Phi) is 5.06. The number of carbonyl (C=O) groups excluding carboxylic acids is 1. The fraction of sp³-hybridized carbons (Fsp3) is 0.588. The van der Waals surface area contributed by atoms with E-state index in [0.717, 1.165) is 12.8 Å². The van der Waals surface area contributed by atoms with Crippen molar-refractivity contribution in [1.29, 1.82) is 0 Å². The van der Waals surface area contributed by atoms with Crippen LogP contribution in [0, 0.1) is 11.8 Å². The van der Waals surface area contributed by atoms with E-state index in [-0.39, 0.29) is 17.6 Å². The lowest BCUT2D eigenvalue weighted by atomic mass is 9.92. The van der Waals surface area contributed by atoms with E-state index in [0.29, 0.717) is 35.3 Å². The van der Waals surface area contributed by atoms with Crippen LogP contribution in [0.3, 0.4) is 0 Å². The smallest absolute Gasteiger partial charge is 0.235 e. The van der Waals surface area contributed by atoms with Crippen molar-refractivity contribution in [3.8, 4) is 0 Å². The SMILES string of the molecule is CC(C(=O)Nc1ccc(N2CCCS2(=O)=O)c(Cl)c1)C1CCCC1. The summed E-state index contributed by atoms with van der Waals surface area (Å²) in [7, 11) is -3.26. The highest BCUT2D eigenvalue weighted by atomic mass is 35.5. The third-order valence-electron chi connectivity index (χ3n) is 5.10. The molecule has 1 saturated carbocycles. The average Bonchev–Trinajstić information content (AvgIpc) is 3.16. The lowest BCUT2D eigenvalue weighted by Gasteiger charge is -2.20. The van der Waals surface area contributed by atoms with Crippen LogP contribution < -0.4 is 9.62 Å². The molecule has 1 amide bonds. The maximum atomic E-state index is 12.4. The van der Waals surface area contributed by atoms with E-state index in [1.54, 1.807) is 18.2 Å². The Morgan fingerprint density at radius 1 is 1.29 bits per heavy atom. The first-order valence-corrected chi connectivity index (χ1v) is 10.5. The van der Waals surface area contributed by atoms with Gasteiger partial charge in [-0.25, -0.2) is 8.42 Å². The topological polar surface area (TPSA) is 66.5 Å². The molecule has 0 spiro atoms. The number of nitrogens with zero attached hydrogens (tertiary/aromatic N) is 1. The van der Waals surface area contributed by atoms with Gasteiger partial charge in [-0.1, -0.05) is 31.4 Å².